The van der Waals surface area contributed by atoms with Gasteiger partial charge < -0.3 is 31.1 Å². The first kappa shape index (κ1) is 11.7. The molecule has 7 heteroatoms. The fraction of sp³-hybridized carbons (Fsp3) is 0.667. The van der Waals surface area contributed by atoms with Gasteiger partial charge in [-0.2, -0.15) is 0 Å². The lowest BCUT2D eigenvalue weighted by atomic mass is 10.1. The third-order valence-electron chi connectivity index (χ3n) is 1.44. The Morgan fingerprint density at radius 3 is 2.31 bits per heavy atom. The number of aliphatic hydroxyl groups excluding tert-OH is 3. The van der Waals surface area contributed by atoms with Crippen LogP contribution in [0.1, 0.15) is 0 Å². The molecule has 3 atom stereocenters. The van der Waals surface area contributed by atoms with Crippen molar-refractivity contribution in [2.75, 3.05) is 6.61 Å². The highest BCUT2D eigenvalue weighted by Gasteiger charge is 2.27. The zero-order valence-corrected chi connectivity index (χ0v) is 6.69. The molecule has 13 heavy (non-hydrogen) atoms. The maximum atomic E-state index is 9.05. The van der Waals surface area contributed by atoms with Crippen LogP contribution in [-0.2, 0) is 4.74 Å². The van der Waals surface area contributed by atoms with Gasteiger partial charge in [0.25, 0.3) is 0 Å². The summed E-state index contributed by atoms with van der Waals surface area (Å²) in [6.07, 6.45) is -0.0318. The Labute approximate surface area is 74.3 Å². The molecule has 1 aliphatic heterocycles. The molecule has 0 radical (unpaired) electrons. The minimum Gasteiger partial charge on any atom is -0.493 e. The van der Waals surface area contributed by atoms with Gasteiger partial charge in [-0.3, -0.25) is 4.91 Å². The van der Waals surface area contributed by atoms with E-state index < -0.39 is 18.3 Å². The van der Waals surface area contributed by atoms with Gasteiger partial charge in [-0.05, 0) is 6.08 Å². The van der Waals surface area contributed by atoms with Gasteiger partial charge in [0.15, 0.2) is 0 Å². The Balaban J connectivity index is 0.000000424. The topological polar surface area (TPSA) is 129 Å². The fourth-order valence-corrected chi connectivity index (χ4v) is 0.792. The van der Waals surface area contributed by atoms with E-state index in [1.54, 1.807) is 0 Å². The molecule has 74 valence electrons. The number of hydrogen-bond donors (Lipinski definition) is 3. The van der Waals surface area contributed by atoms with Gasteiger partial charge in [-0.15, -0.1) is 0 Å². The zero-order chi connectivity index (χ0) is 10.3. The Hall–Kier alpha value is -1.27. The Morgan fingerprint density at radius 1 is 1.38 bits per heavy atom. The minimum absolute atomic E-state index is 0.289. The molecular weight excluding hydrogens is 178 g/mol. The third-order valence-corrected chi connectivity index (χ3v) is 1.44. The zero-order valence-electron chi connectivity index (χ0n) is 6.69. The lowest BCUT2D eigenvalue weighted by molar-refractivity contribution is -0.0808. The van der Waals surface area contributed by atoms with Crippen molar-refractivity contribution in [1.29, 1.82) is 0 Å². The van der Waals surface area contributed by atoms with Crippen LogP contribution >= 0.6 is 0 Å². The lowest BCUT2D eigenvalue weighted by Gasteiger charge is -2.26. The maximum Gasteiger partial charge on any atom is 0.149 e. The van der Waals surface area contributed by atoms with Crippen molar-refractivity contribution >= 4 is 0 Å². The normalized spacial score (nSPS) is 30.8. The number of nitrogens with zero attached hydrogens (tertiary/aromatic N) is 3. The molecule has 1 aliphatic rings. The maximum absolute atomic E-state index is 9.05. The summed E-state index contributed by atoms with van der Waals surface area (Å²) >= 11 is 0. The van der Waals surface area contributed by atoms with Crippen LogP contribution in [0.3, 0.4) is 0 Å². The summed E-state index contributed by atoms with van der Waals surface area (Å²) in [5, 5.41) is 26.6. The summed E-state index contributed by atoms with van der Waals surface area (Å²) in [7, 11) is 0. The van der Waals surface area contributed by atoms with Gasteiger partial charge in [0.2, 0.25) is 0 Å². The molecule has 0 amide bonds. The quantitative estimate of drug-likeness (QED) is 0.290. The molecule has 0 aromatic carbocycles. The molecule has 0 spiro atoms. The van der Waals surface area contributed by atoms with Crippen LogP contribution in [0, 0.1) is 0 Å². The number of ether oxygens (including phenoxy) is 1. The molecule has 0 bridgehead atoms. The molecule has 0 fully saturated rings. The van der Waals surface area contributed by atoms with Crippen molar-refractivity contribution < 1.29 is 20.1 Å². The van der Waals surface area contributed by atoms with Crippen molar-refractivity contribution in [2.45, 2.75) is 18.3 Å². The first-order valence-electron chi connectivity index (χ1n) is 3.45. The summed E-state index contributed by atoms with van der Waals surface area (Å²) in [5.41, 5.74) is 13.5. The average Bonchev–Trinajstić information content (AvgIpc) is 2.11. The van der Waals surface area contributed by atoms with Gasteiger partial charge in [0.05, 0.1) is 12.9 Å². The van der Waals surface area contributed by atoms with Crippen molar-refractivity contribution in [3.05, 3.63) is 28.3 Å². The van der Waals surface area contributed by atoms with Crippen LogP contribution in [0.2, 0.25) is 0 Å². The molecule has 0 aliphatic carbocycles. The third kappa shape index (κ3) is 3.77. The second kappa shape index (κ2) is 6.27. The second-order valence-electron chi connectivity index (χ2n) is 2.26. The Kier molecular flexibility index (Phi) is 5.66. The van der Waals surface area contributed by atoms with Crippen LogP contribution in [-0.4, -0.2) is 40.2 Å². The van der Waals surface area contributed by atoms with Crippen LogP contribution < -0.4 is 0 Å². The van der Waals surface area contributed by atoms with E-state index in [0.29, 0.717) is 0 Å². The first-order chi connectivity index (χ1) is 6.17. The minimum atomic E-state index is -1.02. The molecule has 1 rings (SSSR count). The molecule has 0 aromatic rings. The largest absolute Gasteiger partial charge is 0.493 e. The second-order valence-corrected chi connectivity index (χ2v) is 2.26. The van der Waals surface area contributed by atoms with Crippen LogP contribution in [0.25, 0.3) is 16.0 Å². The number of hydrogen-bond acceptors (Lipinski definition) is 4. The number of aliphatic hydroxyl groups is 3. The van der Waals surface area contributed by atoms with Crippen molar-refractivity contribution in [3.63, 3.8) is 0 Å². The summed E-state index contributed by atoms with van der Waals surface area (Å²) in [6.45, 7) is -0.289. The fourth-order valence-electron chi connectivity index (χ4n) is 0.792. The van der Waals surface area contributed by atoms with E-state index in [4.69, 9.17) is 31.1 Å². The van der Waals surface area contributed by atoms with Crippen LogP contribution in [0.15, 0.2) is 12.3 Å². The molecule has 0 aromatic heterocycles. The van der Waals surface area contributed by atoms with E-state index in [2.05, 4.69) is 0 Å². The SMILES string of the molecule is OC[C@H]1OC=C[C@@H](O)[C@@H]1O.[N-]=[N+]=[N-]. The van der Waals surface area contributed by atoms with Crippen LogP contribution in [0.4, 0.5) is 0 Å². The summed E-state index contributed by atoms with van der Waals surface area (Å²) in [6, 6.07) is 0. The van der Waals surface area contributed by atoms with E-state index >= 15 is 0 Å². The molecular formula is C6H10N3O4-. The summed E-state index contributed by atoms with van der Waals surface area (Å²) < 4.78 is 4.77. The highest BCUT2D eigenvalue weighted by Crippen LogP contribution is 2.10. The van der Waals surface area contributed by atoms with Gasteiger partial charge >= 0.3 is 0 Å². The van der Waals surface area contributed by atoms with Gasteiger partial charge in [0.1, 0.15) is 18.3 Å². The monoisotopic (exact) mass is 188 g/mol. The van der Waals surface area contributed by atoms with Gasteiger partial charge in [-0.25, -0.2) is 0 Å². The molecule has 7 nitrogen and oxygen atoms in total. The number of rotatable bonds is 1. The smallest absolute Gasteiger partial charge is 0.149 e. The Bertz CT molecular complexity index is 202. The molecule has 0 saturated heterocycles. The van der Waals surface area contributed by atoms with Crippen molar-refractivity contribution in [3.8, 4) is 0 Å². The van der Waals surface area contributed by atoms with E-state index in [1.807, 2.05) is 0 Å². The molecule has 0 unspecified atom stereocenters. The molecule has 1 heterocycles. The predicted molar refractivity (Wildman–Crippen MR) is 43.2 cm³/mol. The molecule has 0 saturated carbocycles. The van der Waals surface area contributed by atoms with Gasteiger partial charge in [0, 0.05) is 0 Å². The summed E-state index contributed by atoms with van der Waals surface area (Å²) in [4.78, 5) is 1.50. The highest BCUT2D eigenvalue weighted by atomic mass is 16.5. The molecule has 3 N–H and O–H groups in total. The lowest BCUT2D eigenvalue weighted by Crippen LogP contribution is -2.42. The standard InChI is InChI=1S/C6H10O4.N3/c7-3-5-6(9)4(8)1-2-10-5;1-3-2/h1-2,4-9H,3H2;/q;-1/t4-,5-,6+;/m1./s1. The van der Waals surface area contributed by atoms with Crippen molar-refractivity contribution in [2.24, 2.45) is 0 Å². The van der Waals surface area contributed by atoms with E-state index in [9.17, 15) is 0 Å². The summed E-state index contributed by atoms with van der Waals surface area (Å²) in [5.74, 6) is 0. The Morgan fingerprint density at radius 2 is 1.92 bits per heavy atom. The van der Waals surface area contributed by atoms with Gasteiger partial charge in [-0.1, -0.05) is 0 Å². The van der Waals surface area contributed by atoms with Crippen LogP contribution in [0.5, 0.6) is 0 Å². The van der Waals surface area contributed by atoms with E-state index in [0.717, 1.165) is 0 Å². The van der Waals surface area contributed by atoms with E-state index in [1.165, 1.54) is 17.2 Å². The van der Waals surface area contributed by atoms with E-state index in [-0.39, 0.29) is 6.61 Å². The first-order valence-corrected chi connectivity index (χ1v) is 3.45. The predicted octanol–water partition coefficient (Wildman–Crippen LogP) is -0.521. The van der Waals surface area contributed by atoms with Crippen molar-refractivity contribution in [1.82, 2.24) is 0 Å². The highest BCUT2D eigenvalue weighted by molar-refractivity contribution is 4.96. The average molecular weight is 188 g/mol.